The number of rotatable bonds is 1. The second kappa shape index (κ2) is 12.3. The highest BCUT2D eigenvalue weighted by Gasteiger charge is 2.35. The van der Waals surface area contributed by atoms with Crippen LogP contribution in [0.3, 0.4) is 0 Å². The van der Waals surface area contributed by atoms with Crippen molar-refractivity contribution in [3.05, 3.63) is 47.2 Å². The van der Waals surface area contributed by atoms with Crippen molar-refractivity contribution in [2.75, 3.05) is 6.54 Å². The number of carbonyl (C=O) groups is 4. The molecule has 11 heteroatoms. The fourth-order valence-corrected chi connectivity index (χ4v) is 4.94. The van der Waals surface area contributed by atoms with Crippen LogP contribution >= 0.6 is 0 Å². The minimum absolute atomic E-state index is 0.248. The van der Waals surface area contributed by atoms with Gasteiger partial charge in [0.25, 0.3) is 5.91 Å². The Labute approximate surface area is 245 Å². The molecule has 2 aliphatic rings. The van der Waals surface area contributed by atoms with E-state index >= 15 is 0 Å². The molecule has 42 heavy (non-hydrogen) atoms. The van der Waals surface area contributed by atoms with Gasteiger partial charge in [0.05, 0.1) is 28.3 Å². The number of benzene rings is 1. The monoisotopic (exact) mass is 574 g/mol. The van der Waals surface area contributed by atoms with Crippen molar-refractivity contribution < 1.29 is 23.9 Å². The van der Waals surface area contributed by atoms with Crippen LogP contribution in [-0.4, -0.2) is 58.4 Å². The molecule has 3 amide bonds. The third kappa shape index (κ3) is 6.60. The molecule has 1 saturated heterocycles. The SMILES string of the molecule is CC(C)[C@@H]1NC(=O)C(C)(C)/C=C/c2ccc3c(C#N)cc(nc3c2)[C@@H](C)OC(=O)[C@@H]2CCCN(N2)C(=O)[C@H](C)NC1=O. The van der Waals surface area contributed by atoms with Crippen LogP contribution in [0.4, 0.5) is 0 Å². The molecule has 0 aliphatic carbocycles. The lowest BCUT2D eigenvalue weighted by atomic mass is 9.89. The van der Waals surface area contributed by atoms with E-state index in [0.717, 1.165) is 5.56 Å². The van der Waals surface area contributed by atoms with E-state index in [-0.39, 0.29) is 11.8 Å². The number of esters is 1. The fraction of sp³-hybridized carbons (Fsp3) is 0.484. The van der Waals surface area contributed by atoms with Crippen LogP contribution < -0.4 is 16.1 Å². The highest BCUT2D eigenvalue weighted by atomic mass is 16.5. The summed E-state index contributed by atoms with van der Waals surface area (Å²) in [6.07, 6.45) is 3.78. The van der Waals surface area contributed by atoms with Crippen LogP contribution in [0.2, 0.25) is 0 Å². The Morgan fingerprint density at radius 2 is 1.86 bits per heavy atom. The molecule has 1 aromatic carbocycles. The summed E-state index contributed by atoms with van der Waals surface area (Å²) in [5, 5.41) is 17.4. The number of cyclic esters (lactones) is 1. The fourth-order valence-electron chi connectivity index (χ4n) is 4.94. The molecule has 11 nitrogen and oxygen atoms in total. The van der Waals surface area contributed by atoms with Crippen LogP contribution in [0.5, 0.6) is 0 Å². The number of nitrogens with one attached hydrogen (secondary N) is 3. The molecule has 1 fully saturated rings. The topological polar surface area (TPSA) is 154 Å². The highest BCUT2D eigenvalue weighted by molar-refractivity contribution is 5.94. The van der Waals surface area contributed by atoms with Gasteiger partial charge >= 0.3 is 5.97 Å². The van der Waals surface area contributed by atoms with Crippen molar-refractivity contribution >= 4 is 40.7 Å². The lowest BCUT2D eigenvalue weighted by Gasteiger charge is -2.35. The van der Waals surface area contributed by atoms with E-state index in [9.17, 15) is 24.4 Å². The lowest BCUT2D eigenvalue weighted by Crippen LogP contribution is -2.61. The summed E-state index contributed by atoms with van der Waals surface area (Å²) in [6.45, 7) is 10.7. The van der Waals surface area contributed by atoms with E-state index in [1.165, 1.54) is 5.01 Å². The van der Waals surface area contributed by atoms with Crippen molar-refractivity contribution in [1.29, 1.82) is 5.26 Å². The van der Waals surface area contributed by atoms with Gasteiger partial charge in [-0.15, -0.1) is 0 Å². The predicted octanol–water partition coefficient (Wildman–Crippen LogP) is 2.90. The third-order valence-electron chi connectivity index (χ3n) is 7.66. The van der Waals surface area contributed by atoms with Gasteiger partial charge in [-0.2, -0.15) is 5.26 Å². The van der Waals surface area contributed by atoms with E-state index in [2.05, 4.69) is 22.1 Å². The Balaban J connectivity index is 1.76. The van der Waals surface area contributed by atoms with Crippen molar-refractivity contribution in [3.8, 4) is 6.07 Å². The third-order valence-corrected chi connectivity index (χ3v) is 7.66. The van der Waals surface area contributed by atoms with Gasteiger partial charge in [-0.25, -0.2) is 10.4 Å². The molecule has 0 radical (unpaired) electrons. The average Bonchev–Trinajstić information content (AvgIpc) is 2.96. The predicted molar refractivity (Wildman–Crippen MR) is 156 cm³/mol. The molecule has 222 valence electrons. The number of carbonyl (C=O) groups excluding carboxylic acids is 4. The molecule has 0 spiro atoms. The molecule has 3 heterocycles. The van der Waals surface area contributed by atoms with E-state index in [4.69, 9.17) is 9.72 Å². The van der Waals surface area contributed by atoms with Gasteiger partial charge < -0.3 is 15.4 Å². The van der Waals surface area contributed by atoms with Gasteiger partial charge in [-0.1, -0.05) is 38.1 Å². The molecule has 2 aliphatic heterocycles. The molecule has 0 saturated carbocycles. The summed E-state index contributed by atoms with van der Waals surface area (Å²) in [7, 11) is 0. The number of aromatic nitrogens is 1. The first-order chi connectivity index (χ1) is 19.8. The van der Waals surface area contributed by atoms with Crippen LogP contribution in [0, 0.1) is 22.7 Å². The van der Waals surface area contributed by atoms with Gasteiger partial charge in [-0.05, 0) is 64.2 Å². The number of nitriles is 1. The second-order valence-corrected chi connectivity index (χ2v) is 11.9. The van der Waals surface area contributed by atoms with E-state index in [1.54, 1.807) is 58.0 Å². The average molecular weight is 575 g/mol. The zero-order valence-electron chi connectivity index (χ0n) is 24.9. The number of amides is 3. The molecule has 5 bridgehead atoms. The maximum absolute atomic E-state index is 13.3. The first kappa shape index (κ1) is 30.7. The number of hydrazine groups is 1. The summed E-state index contributed by atoms with van der Waals surface area (Å²) in [6, 6.07) is 6.67. The van der Waals surface area contributed by atoms with Crippen molar-refractivity contribution in [2.24, 2.45) is 11.3 Å². The summed E-state index contributed by atoms with van der Waals surface area (Å²) >= 11 is 0. The van der Waals surface area contributed by atoms with E-state index in [1.807, 2.05) is 19.9 Å². The summed E-state index contributed by atoms with van der Waals surface area (Å²) in [5.74, 6) is -2.04. The summed E-state index contributed by atoms with van der Waals surface area (Å²) in [4.78, 5) is 57.6. The molecule has 4 atom stereocenters. The first-order valence-electron chi connectivity index (χ1n) is 14.2. The Morgan fingerprint density at radius 3 is 2.55 bits per heavy atom. The minimum Gasteiger partial charge on any atom is -0.455 e. The van der Waals surface area contributed by atoms with Crippen molar-refractivity contribution in [3.63, 3.8) is 0 Å². The molecule has 2 aromatic rings. The number of hydrogen-bond donors (Lipinski definition) is 3. The first-order valence-corrected chi connectivity index (χ1v) is 14.2. The Kier molecular flexibility index (Phi) is 8.97. The Morgan fingerprint density at radius 1 is 1.12 bits per heavy atom. The second-order valence-electron chi connectivity index (χ2n) is 11.9. The number of fused-ring (bicyclic) bond motifs is 4. The molecular formula is C31H38N6O5. The quantitative estimate of drug-likeness (QED) is 0.440. The maximum atomic E-state index is 13.3. The summed E-state index contributed by atoms with van der Waals surface area (Å²) < 4.78 is 5.74. The normalized spacial score (nSPS) is 26.3. The van der Waals surface area contributed by atoms with Gasteiger partial charge in [0.2, 0.25) is 11.8 Å². The van der Waals surface area contributed by atoms with Crippen molar-refractivity contribution in [2.45, 2.75) is 78.6 Å². The zero-order valence-corrected chi connectivity index (χ0v) is 24.9. The maximum Gasteiger partial charge on any atom is 0.325 e. The Hall–Kier alpha value is -4.30. The van der Waals surface area contributed by atoms with E-state index in [0.29, 0.717) is 41.5 Å². The van der Waals surface area contributed by atoms with Crippen LogP contribution in [-0.2, 0) is 23.9 Å². The Bertz CT molecular complexity index is 1480. The largest absolute Gasteiger partial charge is 0.455 e. The van der Waals surface area contributed by atoms with Crippen LogP contribution in [0.1, 0.15) is 77.3 Å². The number of pyridine rings is 1. The van der Waals surface area contributed by atoms with E-state index < -0.39 is 47.4 Å². The molecule has 3 N–H and O–H groups in total. The standard InChI is InChI=1S/C31H38N6O5/c1-17(2)26-27(38)33-18(3)28(39)37-13-7-8-23(36-37)29(40)42-19(4)24-15-21(16-32)22-10-9-20(14-25(22)34-24)11-12-31(5,6)30(41)35-26/h9-12,14-15,17-19,23,26,36H,7-8,13H2,1-6H3,(H,33,38)(H,35,41)/b12-11+/t18-,19+,23-,26-/m0/s1. The molecular weight excluding hydrogens is 536 g/mol. The number of hydrogen-bond acceptors (Lipinski definition) is 8. The highest BCUT2D eigenvalue weighted by Crippen LogP contribution is 2.27. The van der Waals surface area contributed by atoms with Gasteiger partial charge in [0.15, 0.2) is 0 Å². The number of ether oxygens (including phenoxy) is 1. The van der Waals surface area contributed by atoms with Crippen molar-refractivity contribution in [1.82, 2.24) is 26.1 Å². The molecule has 0 unspecified atom stereocenters. The van der Waals surface area contributed by atoms with Gasteiger partial charge in [0.1, 0.15) is 24.2 Å². The van der Waals surface area contributed by atoms with Gasteiger partial charge in [-0.3, -0.25) is 24.2 Å². The summed E-state index contributed by atoms with van der Waals surface area (Å²) in [5.41, 5.74) is 4.07. The number of nitrogens with zero attached hydrogens (tertiary/aromatic N) is 3. The van der Waals surface area contributed by atoms with Crippen LogP contribution in [0.25, 0.3) is 17.0 Å². The van der Waals surface area contributed by atoms with Gasteiger partial charge in [0, 0.05) is 11.9 Å². The van der Waals surface area contributed by atoms with Crippen LogP contribution in [0.15, 0.2) is 30.3 Å². The molecule has 4 rings (SSSR count). The smallest absolute Gasteiger partial charge is 0.325 e. The zero-order chi connectivity index (χ0) is 30.8. The minimum atomic E-state index is -0.981. The molecule has 1 aromatic heterocycles. The lowest BCUT2D eigenvalue weighted by molar-refractivity contribution is -0.157.